The second-order valence-corrected chi connectivity index (χ2v) is 5.53. The number of β-amino-alcohol motifs (C(OH)–C–C–N with tert-alkyl or cyclic N) is 1. The quantitative estimate of drug-likeness (QED) is 0.895. The molecule has 0 aliphatic carbocycles. The molecular weight excluding hydrogens is 301 g/mol. The average molecular weight is 319 g/mol. The average Bonchev–Trinajstić information content (AvgIpc) is 3.15. The lowest BCUT2D eigenvalue weighted by atomic mass is 10.2. The van der Waals surface area contributed by atoms with Crippen LogP contribution < -0.4 is 4.74 Å². The van der Waals surface area contributed by atoms with E-state index >= 15 is 0 Å². The Hall–Kier alpha value is -2.41. The molecule has 2 aromatic rings. The van der Waals surface area contributed by atoms with Gasteiger partial charge in [-0.2, -0.15) is 0 Å². The third-order valence-electron chi connectivity index (χ3n) is 3.82. The van der Waals surface area contributed by atoms with Crippen molar-refractivity contribution < 1.29 is 19.0 Å². The summed E-state index contributed by atoms with van der Waals surface area (Å²) in [5, 5.41) is 10.1. The van der Waals surface area contributed by atoms with Crippen molar-refractivity contribution in [2.75, 3.05) is 13.1 Å². The first kappa shape index (κ1) is 15.5. The third kappa shape index (κ3) is 3.87. The highest BCUT2D eigenvalue weighted by molar-refractivity contribution is 5.76. The number of aryl methyl sites for hydroxylation is 1. The van der Waals surface area contributed by atoms with E-state index in [1.807, 2.05) is 4.57 Å². The van der Waals surface area contributed by atoms with E-state index in [1.54, 1.807) is 35.8 Å². The lowest BCUT2D eigenvalue weighted by molar-refractivity contribution is -0.130. The molecule has 1 fully saturated rings. The van der Waals surface area contributed by atoms with E-state index in [2.05, 4.69) is 4.98 Å². The number of amides is 1. The molecule has 0 unspecified atom stereocenters. The summed E-state index contributed by atoms with van der Waals surface area (Å²) >= 11 is 0. The van der Waals surface area contributed by atoms with Gasteiger partial charge in [-0.05, 0) is 12.1 Å². The Labute approximate surface area is 133 Å². The van der Waals surface area contributed by atoms with Crippen molar-refractivity contribution in [3.8, 4) is 5.75 Å². The van der Waals surface area contributed by atoms with Gasteiger partial charge in [0.15, 0.2) is 0 Å². The van der Waals surface area contributed by atoms with Gasteiger partial charge in [-0.15, -0.1) is 0 Å². The van der Waals surface area contributed by atoms with Crippen molar-refractivity contribution in [2.45, 2.75) is 25.2 Å². The Bertz CT molecular complexity index is 662. The van der Waals surface area contributed by atoms with E-state index in [0.717, 1.165) is 0 Å². The number of carbonyl (C=O) groups is 1. The summed E-state index contributed by atoms with van der Waals surface area (Å²) < 4.78 is 20.6. The largest absolute Gasteiger partial charge is 0.486 e. The van der Waals surface area contributed by atoms with Crippen LogP contribution in [0, 0.1) is 5.82 Å². The lowest BCUT2D eigenvalue weighted by Gasteiger charge is -2.17. The Morgan fingerprint density at radius 3 is 3.04 bits per heavy atom. The van der Waals surface area contributed by atoms with Gasteiger partial charge in [0, 0.05) is 31.4 Å². The number of aliphatic hydroxyl groups excluding tert-OH is 1. The first-order valence-electron chi connectivity index (χ1n) is 7.45. The summed E-state index contributed by atoms with van der Waals surface area (Å²) in [6, 6.07) is 5.75. The Balaban J connectivity index is 1.54. The van der Waals surface area contributed by atoms with E-state index in [4.69, 9.17) is 4.74 Å². The van der Waals surface area contributed by atoms with E-state index in [-0.39, 0.29) is 12.5 Å². The van der Waals surface area contributed by atoms with E-state index < -0.39 is 18.0 Å². The molecule has 1 N–H and O–H groups in total. The highest BCUT2D eigenvalue weighted by Gasteiger charge is 2.35. The number of hydrogen-bond acceptors (Lipinski definition) is 4. The number of aromatic nitrogens is 2. The Morgan fingerprint density at radius 1 is 1.43 bits per heavy atom. The van der Waals surface area contributed by atoms with Crippen molar-refractivity contribution in [3.63, 3.8) is 0 Å². The van der Waals surface area contributed by atoms with Crippen LogP contribution in [0.15, 0.2) is 43.0 Å². The highest BCUT2D eigenvalue weighted by Crippen LogP contribution is 2.20. The number of halogens is 1. The fourth-order valence-electron chi connectivity index (χ4n) is 2.59. The minimum absolute atomic E-state index is 0.0527. The minimum Gasteiger partial charge on any atom is -0.486 e. The van der Waals surface area contributed by atoms with Crippen LogP contribution in [-0.2, 0) is 11.3 Å². The first-order valence-corrected chi connectivity index (χ1v) is 7.45. The van der Waals surface area contributed by atoms with Gasteiger partial charge in [0.25, 0.3) is 0 Å². The summed E-state index contributed by atoms with van der Waals surface area (Å²) in [5.74, 6) is -0.104. The van der Waals surface area contributed by atoms with E-state index in [1.165, 1.54) is 12.1 Å². The van der Waals surface area contributed by atoms with Crippen LogP contribution in [0.2, 0.25) is 0 Å². The molecule has 1 aliphatic rings. The molecule has 2 atom stereocenters. The van der Waals surface area contributed by atoms with Gasteiger partial charge in [0.05, 0.1) is 19.4 Å². The molecule has 0 spiro atoms. The summed E-state index contributed by atoms with van der Waals surface area (Å²) in [7, 11) is 0. The number of carbonyl (C=O) groups excluding carboxylic acids is 1. The number of hydrogen-bond donors (Lipinski definition) is 1. The maximum atomic E-state index is 13.2. The van der Waals surface area contributed by atoms with Crippen molar-refractivity contribution in [3.05, 3.63) is 48.8 Å². The van der Waals surface area contributed by atoms with Crippen molar-refractivity contribution >= 4 is 5.91 Å². The van der Waals surface area contributed by atoms with Crippen LogP contribution >= 0.6 is 0 Å². The summed E-state index contributed by atoms with van der Waals surface area (Å²) in [6.45, 7) is 1.06. The Kier molecular flexibility index (Phi) is 4.57. The maximum absolute atomic E-state index is 13.2. The number of aliphatic hydroxyl groups is 1. The van der Waals surface area contributed by atoms with Gasteiger partial charge < -0.3 is 19.3 Å². The molecule has 122 valence electrons. The molecule has 0 bridgehead atoms. The molecule has 1 amide bonds. The van der Waals surface area contributed by atoms with Crippen LogP contribution in [-0.4, -0.2) is 50.8 Å². The number of likely N-dealkylation sites (tertiary alicyclic amines) is 1. The molecule has 1 aromatic heterocycles. The summed E-state index contributed by atoms with van der Waals surface area (Å²) in [5.41, 5.74) is 0. The zero-order valence-corrected chi connectivity index (χ0v) is 12.5. The fourth-order valence-corrected chi connectivity index (χ4v) is 2.59. The van der Waals surface area contributed by atoms with Gasteiger partial charge in [0.2, 0.25) is 5.91 Å². The van der Waals surface area contributed by atoms with Crippen molar-refractivity contribution in [2.24, 2.45) is 0 Å². The van der Waals surface area contributed by atoms with Gasteiger partial charge >= 0.3 is 0 Å². The van der Waals surface area contributed by atoms with E-state index in [9.17, 15) is 14.3 Å². The smallest absolute Gasteiger partial charge is 0.224 e. The molecule has 3 rings (SSSR count). The number of rotatable bonds is 5. The second kappa shape index (κ2) is 6.78. The van der Waals surface area contributed by atoms with Gasteiger partial charge in [0.1, 0.15) is 23.8 Å². The maximum Gasteiger partial charge on any atom is 0.224 e. The number of nitrogens with zero attached hydrogens (tertiary/aromatic N) is 3. The van der Waals surface area contributed by atoms with Crippen molar-refractivity contribution in [1.29, 1.82) is 0 Å². The predicted octanol–water partition coefficient (Wildman–Crippen LogP) is 1.06. The molecule has 1 saturated heterocycles. The molecule has 7 heteroatoms. The zero-order valence-electron chi connectivity index (χ0n) is 12.5. The molecule has 0 radical (unpaired) electrons. The van der Waals surface area contributed by atoms with Crippen LogP contribution in [0.1, 0.15) is 6.42 Å². The highest BCUT2D eigenvalue weighted by atomic mass is 19.1. The number of benzene rings is 1. The molecule has 1 aromatic carbocycles. The Morgan fingerprint density at radius 2 is 2.30 bits per heavy atom. The molecule has 2 heterocycles. The predicted molar refractivity (Wildman–Crippen MR) is 80.2 cm³/mol. The van der Waals surface area contributed by atoms with Crippen LogP contribution in [0.3, 0.4) is 0 Å². The topological polar surface area (TPSA) is 67.6 Å². The van der Waals surface area contributed by atoms with Crippen LogP contribution in [0.5, 0.6) is 5.75 Å². The monoisotopic (exact) mass is 319 g/mol. The van der Waals surface area contributed by atoms with Gasteiger partial charge in [-0.1, -0.05) is 6.07 Å². The van der Waals surface area contributed by atoms with Crippen molar-refractivity contribution in [1.82, 2.24) is 14.5 Å². The zero-order chi connectivity index (χ0) is 16.2. The fraction of sp³-hybridized carbons (Fsp3) is 0.375. The third-order valence-corrected chi connectivity index (χ3v) is 3.82. The van der Waals surface area contributed by atoms with E-state index in [0.29, 0.717) is 25.3 Å². The second-order valence-electron chi connectivity index (χ2n) is 5.53. The molecule has 1 aliphatic heterocycles. The molecule has 23 heavy (non-hydrogen) atoms. The van der Waals surface area contributed by atoms with Gasteiger partial charge in [-0.3, -0.25) is 4.79 Å². The number of imidazole rings is 1. The summed E-state index contributed by atoms with van der Waals surface area (Å²) in [6.07, 6.45) is 4.11. The molecule has 0 saturated carbocycles. The number of ether oxygens (including phenoxy) is 1. The SMILES string of the molecule is O=C(CCn1ccnc1)N1C[C@@H](O)[C@H](Oc2cccc(F)c2)C1. The van der Waals surface area contributed by atoms with Crippen LogP contribution in [0.25, 0.3) is 0 Å². The van der Waals surface area contributed by atoms with Crippen LogP contribution in [0.4, 0.5) is 4.39 Å². The summed E-state index contributed by atoms with van der Waals surface area (Å²) in [4.78, 5) is 17.7. The molecular formula is C16H18FN3O3. The van der Waals surface area contributed by atoms with Gasteiger partial charge in [-0.25, -0.2) is 9.37 Å². The standard InChI is InChI=1S/C16H18FN3O3/c17-12-2-1-3-13(8-12)23-15-10-20(9-14(15)21)16(22)4-6-19-7-5-18-11-19/h1-3,5,7-8,11,14-15,21H,4,6,9-10H2/t14-,15-/m1/s1. The minimum atomic E-state index is -0.782. The first-order chi connectivity index (χ1) is 11.1. The molecule has 6 nitrogen and oxygen atoms in total. The lowest BCUT2D eigenvalue weighted by Crippen LogP contribution is -2.31. The normalized spacial score (nSPS) is 20.7.